The zero-order chi connectivity index (χ0) is 15.6. The van der Waals surface area contributed by atoms with E-state index < -0.39 is 28.0 Å². The second kappa shape index (κ2) is 4.00. The van der Waals surface area contributed by atoms with Crippen molar-refractivity contribution >= 4 is 11.6 Å². The van der Waals surface area contributed by atoms with Gasteiger partial charge in [0.1, 0.15) is 5.60 Å². The quantitative estimate of drug-likeness (QED) is 0.587. The molecule has 0 bridgehead atoms. The molecule has 0 spiro atoms. The van der Waals surface area contributed by atoms with Gasteiger partial charge in [-0.1, -0.05) is 6.92 Å². The molecule has 0 aromatic carbocycles. The highest BCUT2D eigenvalue weighted by Crippen LogP contribution is 2.53. The van der Waals surface area contributed by atoms with E-state index in [2.05, 4.69) is 0 Å². The van der Waals surface area contributed by atoms with E-state index in [9.17, 15) is 14.7 Å². The number of carbonyl (C=O) groups excluding carboxylic acids is 2. The molecule has 5 nitrogen and oxygen atoms in total. The third-order valence-electron chi connectivity index (χ3n) is 4.66. The number of aliphatic hydroxyl groups is 1. The zero-order valence-corrected chi connectivity index (χ0v) is 12.9. The Hall–Kier alpha value is -1.04. The molecule has 1 fully saturated rings. The Kier molecular flexibility index (Phi) is 3.07. The van der Waals surface area contributed by atoms with E-state index in [-0.39, 0.29) is 11.4 Å². The number of hydrogen-bond acceptors (Lipinski definition) is 5. The van der Waals surface area contributed by atoms with Gasteiger partial charge in [0.2, 0.25) is 5.79 Å². The van der Waals surface area contributed by atoms with Crippen molar-refractivity contribution in [2.75, 3.05) is 0 Å². The summed E-state index contributed by atoms with van der Waals surface area (Å²) < 4.78 is 0. The summed E-state index contributed by atoms with van der Waals surface area (Å²) in [6.45, 7) is 9.95. The molecule has 112 valence electrons. The fourth-order valence-electron chi connectivity index (χ4n) is 2.82. The van der Waals surface area contributed by atoms with Crippen molar-refractivity contribution in [3.63, 3.8) is 0 Å². The topological polar surface area (TPSA) is 72.8 Å². The minimum Gasteiger partial charge on any atom is -0.359 e. The summed E-state index contributed by atoms with van der Waals surface area (Å²) >= 11 is 0. The van der Waals surface area contributed by atoms with Crippen LogP contribution in [0.3, 0.4) is 0 Å². The lowest BCUT2D eigenvalue weighted by molar-refractivity contribution is -0.464. The monoisotopic (exact) mass is 282 g/mol. The Morgan fingerprint density at radius 3 is 2.15 bits per heavy atom. The average Bonchev–Trinajstić information content (AvgIpc) is 2.38. The number of ketones is 2. The fraction of sp³-hybridized carbons (Fsp3) is 0.733. The van der Waals surface area contributed by atoms with Crippen LogP contribution in [0, 0.1) is 10.8 Å². The Bertz CT molecular complexity index is 516. The summed E-state index contributed by atoms with van der Waals surface area (Å²) in [5.74, 6) is -2.81. The van der Waals surface area contributed by atoms with Gasteiger partial charge in [-0.25, -0.2) is 4.89 Å². The summed E-state index contributed by atoms with van der Waals surface area (Å²) in [5, 5.41) is 10.8. The van der Waals surface area contributed by atoms with E-state index in [1.165, 1.54) is 0 Å². The van der Waals surface area contributed by atoms with Crippen LogP contribution in [0.2, 0.25) is 0 Å². The molecular weight excluding hydrogens is 260 g/mol. The standard InChI is InChI=1S/C15H22O5/c1-7-14(6)8-9-10(16)12(2,3)11(17)13(4,5)15(9,18)20-19-14/h8,18H,7H2,1-6H3/t14-,15-/m0/s1. The van der Waals surface area contributed by atoms with Gasteiger partial charge in [0.25, 0.3) is 0 Å². The van der Waals surface area contributed by atoms with Crippen molar-refractivity contribution in [3.8, 4) is 0 Å². The first-order chi connectivity index (χ1) is 8.92. The highest BCUT2D eigenvalue weighted by molar-refractivity contribution is 6.19. The molecule has 1 saturated carbocycles. The average molecular weight is 282 g/mol. The predicted molar refractivity (Wildman–Crippen MR) is 71.5 cm³/mol. The maximum absolute atomic E-state index is 12.6. The summed E-state index contributed by atoms with van der Waals surface area (Å²) in [5.41, 5.74) is -3.13. The van der Waals surface area contributed by atoms with Crippen molar-refractivity contribution in [3.05, 3.63) is 11.6 Å². The molecule has 1 aliphatic carbocycles. The van der Waals surface area contributed by atoms with Crippen molar-refractivity contribution in [1.29, 1.82) is 0 Å². The largest absolute Gasteiger partial charge is 0.359 e. The molecule has 2 rings (SSSR count). The number of fused-ring (bicyclic) bond motifs is 1. The lowest BCUT2D eigenvalue weighted by atomic mass is 9.57. The molecule has 0 radical (unpaired) electrons. The highest BCUT2D eigenvalue weighted by atomic mass is 17.2. The van der Waals surface area contributed by atoms with E-state index in [4.69, 9.17) is 9.78 Å². The molecule has 0 unspecified atom stereocenters. The maximum atomic E-state index is 12.6. The van der Waals surface area contributed by atoms with Gasteiger partial charge < -0.3 is 5.11 Å². The third kappa shape index (κ3) is 1.66. The number of hydrogen-bond donors (Lipinski definition) is 1. The Balaban J connectivity index is 2.69. The molecule has 20 heavy (non-hydrogen) atoms. The molecular formula is C15H22O5. The van der Waals surface area contributed by atoms with Crippen LogP contribution in [-0.4, -0.2) is 28.1 Å². The summed E-state index contributed by atoms with van der Waals surface area (Å²) in [7, 11) is 0. The van der Waals surface area contributed by atoms with Gasteiger partial charge in [0.15, 0.2) is 11.6 Å². The predicted octanol–water partition coefficient (Wildman–Crippen LogP) is 1.94. The third-order valence-corrected chi connectivity index (χ3v) is 4.66. The smallest absolute Gasteiger partial charge is 0.240 e. The first-order valence-corrected chi connectivity index (χ1v) is 6.84. The van der Waals surface area contributed by atoms with Gasteiger partial charge in [-0.3, -0.25) is 9.59 Å². The fourth-order valence-corrected chi connectivity index (χ4v) is 2.82. The van der Waals surface area contributed by atoms with Crippen molar-refractivity contribution in [2.24, 2.45) is 10.8 Å². The molecule has 0 saturated heterocycles. The van der Waals surface area contributed by atoms with Crippen LogP contribution in [-0.2, 0) is 19.4 Å². The lowest BCUT2D eigenvalue weighted by Gasteiger charge is -2.52. The molecule has 1 N–H and O–H groups in total. The van der Waals surface area contributed by atoms with Gasteiger partial charge >= 0.3 is 0 Å². The van der Waals surface area contributed by atoms with Crippen LogP contribution >= 0.6 is 0 Å². The van der Waals surface area contributed by atoms with Gasteiger partial charge in [-0.05, 0) is 47.1 Å². The molecule has 2 aliphatic rings. The Labute approximate surface area is 118 Å². The molecule has 5 heteroatoms. The summed E-state index contributed by atoms with van der Waals surface area (Å²) in [4.78, 5) is 35.6. The Morgan fingerprint density at radius 1 is 1.10 bits per heavy atom. The molecule has 0 amide bonds. The van der Waals surface area contributed by atoms with Gasteiger partial charge in [0.05, 0.1) is 16.4 Å². The SMILES string of the molecule is CC[C@@]1(C)C=C2C(=O)C(C)(C)C(=O)C(C)(C)[C@@]2(O)OO1. The highest BCUT2D eigenvalue weighted by Gasteiger charge is 2.67. The minimum absolute atomic E-state index is 0.114. The molecule has 2 atom stereocenters. The second-order valence-electron chi connectivity index (χ2n) is 6.94. The number of carbonyl (C=O) groups is 2. The molecule has 1 heterocycles. The van der Waals surface area contributed by atoms with Gasteiger partial charge in [-0.15, -0.1) is 0 Å². The molecule has 0 aromatic rings. The van der Waals surface area contributed by atoms with E-state index >= 15 is 0 Å². The number of Topliss-reactive ketones (excluding diaryl/α,β-unsaturated/α-hetero) is 2. The lowest BCUT2D eigenvalue weighted by Crippen LogP contribution is -2.66. The van der Waals surface area contributed by atoms with Gasteiger partial charge in [0, 0.05) is 0 Å². The van der Waals surface area contributed by atoms with Gasteiger partial charge in [-0.2, -0.15) is 4.89 Å². The summed E-state index contributed by atoms with van der Waals surface area (Å²) in [6.07, 6.45) is 2.17. The van der Waals surface area contributed by atoms with E-state index in [1.54, 1.807) is 40.7 Å². The second-order valence-corrected chi connectivity index (χ2v) is 6.94. The molecule has 0 aromatic heterocycles. The van der Waals surface area contributed by atoms with Crippen LogP contribution in [0.25, 0.3) is 0 Å². The van der Waals surface area contributed by atoms with Crippen molar-refractivity contribution in [2.45, 2.75) is 59.4 Å². The molecule has 1 aliphatic heterocycles. The van der Waals surface area contributed by atoms with E-state index in [0.29, 0.717) is 6.42 Å². The maximum Gasteiger partial charge on any atom is 0.240 e. The van der Waals surface area contributed by atoms with Crippen molar-refractivity contribution < 1.29 is 24.5 Å². The Morgan fingerprint density at radius 2 is 1.65 bits per heavy atom. The van der Waals surface area contributed by atoms with Crippen LogP contribution in [0.1, 0.15) is 48.0 Å². The first kappa shape index (κ1) is 15.4. The first-order valence-electron chi connectivity index (χ1n) is 6.84. The minimum atomic E-state index is -2.04. The zero-order valence-electron chi connectivity index (χ0n) is 12.9. The van der Waals surface area contributed by atoms with Crippen LogP contribution in [0.15, 0.2) is 11.6 Å². The number of rotatable bonds is 1. The van der Waals surface area contributed by atoms with Crippen molar-refractivity contribution in [1.82, 2.24) is 0 Å². The van der Waals surface area contributed by atoms with Crippen LogP contribution < -0.4 is 0 Å². The van der Waals surface area contributed by atoms with E-state index in [0.717, 1.165) is 0 Å². The van der Waals surface area contributed by atoms with Crippen LogP contribution in [0.5, 0.6) is 0 Å². The van der Waals surface area contributed by atoms with Crippen LogP contribution in [0.4, 0.5) is 0 Å². The normalized spacial score (nSPS) is 39.2. The van der Waals surface area contributed by atoms with E-state index in [1.807, 2.05) is 6.92 Å². The summed E-state index contributed by atoms with van der Waals surface area (Å²) in [6, 6.07) is 0.